The van der Waals surface area contributed by atoms with E-state index in [0.29, 0.717) is 84.6 Å². The smallest absolute Gasteiger partial charge is 0.276 e. The van der Waals surface area contributed by atoms with Gasteiger partial charge in [-0.1, -0.05) is 12.5 Å². The lowest BCUT2D eigenvalue weighted by Gasteiger charge is -2.13. The van der Waals surface area contributed by atoms with E-state index in [2.05, 4.69) is 30.7 Å². The number of nitrogens with zero attached hydrogens (tertiary/aromatic N) is 8. The van der Waals surface area contributed by atoms with Gasteiger partial charge in [-0.05, 0) is 89.3 Å². The highest BCUT2D eigenvalue weighted by molar-refractivity contribution is 6.04. The molecule has 0 saturated carbocycles. The molecule has 0 aliphatic carbocycles. The van der Waals surface area contributed by atoms with Gasteiger partial charge in [-0.2, -0.15) is 10.2 Å². The topological polar surface area (TPSA) is 202 Å². The predicted molar refractivity (Wildman–Crippen MR) is 207 cm³/mol. The minimum atomic E-state index is -0.563. The second-order valence-electron chi connectivity index (χ2n) is 13.2. The maximum atomic E-state index is 14.1. The van der Waals surface area contributed by atoms with E-state index in [0.717, 1.165) is 66.4 Å². The number of primary amides is 1. The molecule has 0 radical (unpaired) electrons. The number of hydrogen-bond acceptors (Lipinski definition) is 9. The number of unbranched alkanes of at least 4 members (excludes halogenated alkanes) is 3. The Balaban J connectivity index is 1.19. The number of nitrogens with one attached hydrogen (secondary N) is 3. The number of aldehydes is 1. The summed E-state index contributed by atoms with van der Waals surface area (Å²) >= 11 is 0. The molecule has 3 amide bonds. The van der Waals surface area contributed by atoms with E-state index in [1.54, 1.807) is 33.6 Å². The first-order chi connectivity index (χ1) is 26.2. The van der Waals surface area contributed by atoms with E-state index in [1.807, 2.05) is 50.6 Å². The summed E-state index contributed by atoms with van der Waals surface area (Å²) in [4.78, 5) is 58.2. The molecule has 0 spiro atoms. The average molecular weight is 735 g/mol. The number of carbonyl (C=O) groups excluding carboxylic acids is 4. The largest absolute Gasteiger partial charge is 0.366 e. The molecule has 282 valence electrons. The Labute approximate surface area is 312 Å². The lowest BCUT2D eigenvalue weighted by atomic mass is 10.0. The normalized spacial score (nSPS) is 11.3. The number of imidazole rings is 2. The van der Waals surface area contributed by atoms with E-state index in [1.165, 1.54) is 0 Å². The van der Waals surface area contributed by atoms with Crippen molar-refractivity contribution in [3.8, 4) is 0 Å². The molecule has 0 atom stereocenters. The zero-order valence-electron chi connectivity index (χ0n) is 31.1. The molecule has 6 rings (SSSR count). The monoisotopic (exact) mass is 734 g/mol. The van der Waals surface area contributed by atoms with Crippen LogP contribution in [0.4, 0.5) is 17.6 Å². The number of para-hydroxylation sites is 1. The van der Waals surface area contributed by atoms with Crippen LogP contribution >= 0.6 is 0 Å². The number of anilines is 3. The van der Waals surface area contributed by atoms with Crippen molar-refractivity contribution in [1.29, 1.82) is 0 Å². The number of aromatic nitrogens is 8. The second kappa shape index (κ2) is 16.6. The van der Waals surface area contributed by atoms with Gasteiger partial charge >= 0.3 is 0 Å². The van der Waals surface area contributed by atoms with Crippen molar-refractivity contribution < 1.29 is 19.2 Å². The van der Waals surface area contributed by atoms with Crippen molar-refractivity contribution in [3.05, 3.63) is 76.4 Å². The molecule has 4 aromatic heterocycles. The highest BCUT2D eigenvalue weighted by Crippen LogP contribution is 2.28. The summed E-state index contributed by atoms with van der Waals surface area (Å²) in [6, 6.07) is 12.5. The quantitative estimate of drug-likeness (QED) is 0.0647. The van der Waals surface area contributed by atoms with Gasteiger partial charge in [0.25, 0.3) is 5.91 Å². The highest BCUT2D eigenvalue weighted by atomic mass is 16.2. The van der Waals surface area contributed by atoms with Crippen LogP contribution in [0.1, 0.15) is 87.3 Å². The summed E-state index contributed by atoms with van der Waals surface area (Å²) in [5.74, 6) is 0.166. The number of rotatable bonds is 19. The van der Waals surface area contributed by atoms with E-state index < -0.39 is 5.91 Å². The van der Waals surface area contributed by atoms with Gasteiger partial charge in [0.05, 0.1) is 33.6 Å². The van der Waals surface area contributed by atoms with Gasteiger partial charge in [0.1, 0.15) is 16.9 Å². The summed E-state index contributed by atoms with van der Waals surface area (Å²) in [6.45, 7) is 8.08. The fourth-order valence-electron chi connectivity index (χ4n) is 7.03. The molecule has 6 aromatic rings. The number of carbonyl (C=O) groups is 4. The van der Waals surface area contributed by atoms with Gasteiger partial charge in [0.2, 0.25) is 24.2 Å². The SMILES string of the molecule is CCn1nc(C)c(CCCCCn2nc(C)cc2C=O)c1C(=O)Nc1nc2cc(C(N)=O)ccc2n1CCCCn1c(NC)nc2c(NC=O)cccc21. The summed E-state index contributed by atoms with van der Waals surface area (Å²) in [5.41, 5.74) is 13.0. The van der Waals surface area contributed by atoms with Crippen LogP contribution in [0.5, 0.6) is 0 Å². The summed E-state index contributed by atoms with van der Waals surface area (Å²) in [5, 5.41) is 18.1. The van der Waals surface area contributed by atoms with Gasteiger partial charge in [-0.25, -0.2) is 9.97 Å². The minimum Gasteiger partial charge on any atom is -0.366 e. The number of aryl methyl sites for hydroxylation is 6. The fraction of sp³-hybridized carbons (Fsp3) is 0.368. The van der Waals surface area contributed by atoms with Gasteiger partial charge < -0.3 is 25.5 Å². The maximum Gasteiger partial charge on any atom is 0.276 e. The Morgan fingerprint density at radius 3 is 2.31 bits per heavy atom. The van der Waals surface area contributed by atoms with Crippen LogP contribution in [0.2, 0.25) is 0 Å². The lowest BCUT2D eigenvalue weighted by molar-refractivity contribution is -0.105. The molecule has 4 heterocycles. The van der Waals surface area contributed by atoms with Crippen molar-refractivity contribution in [1.82, 2.24) is 38.7 Å². The van der Waals surface area contributed by atoms with Crippen molar-refractivity contribution in [2.45, 2.75) is 85.5 Å². The summed E-state index contributed by atoms with van der Waals surface area (Å²) in [6.07, 6.45) is 6.18. The van der Waals surface area contributed by atoms with Crippen LogP contribution < -0.4 is 21.7 Å². The molecular weight excluding hydrogens is 688 g/mol. The Morgan fingerprint density at radius 1 is 0.852 bits per heavy atom. The van der Waals surface area contributed by atoms with Gasteiger partial charge in [-0.3, -0.25) is 33.9 Å². The van der Waals surface area contributed by atoms with Gasteiger partial charge in [-0.15, -0.1) is 0 Å². The van der Waals surface area contributed by atoms with Crippen molar-refractivity contribution in [3.63, 3.8) is 0 Å². The number of fused-ring (bicyclic) bond motifs is 2. The first-order valence-electron chi connectivity index (χ1n) is 18.2. The molecule has 0 unspecified atom stereocenters. The Bertz CT molecular complexity index is 2330. The molecule has 54 heavy (non-hydrogen) atoms. The molecule has 16 heteroatoms. The molecule has 0 fully saturated rings. The Morgan fingerprint density at radius 2 is 1.61 bits per heavy atom. The molecule has 0 saturated heterocycles. The molecule has 2 aromatic carbocycles. The van der Waals surface area contributed by atoms with Gasteiger partial charge in [0, 0.05) is 44.4 Å². The first kappa shape index (κ1) is 37.4. The van der Waals surface area contributed by atoms with Crippen LogP contribution in [0.25, 0.3) is 22.1 Å². The maximum absolute atomic E-state index is 14.1. The van der Waals surface area contributed by atoms with Crippen molar-refractivity contribution in [2.75, 3.05) is 23.0 Å². The van der Waals surface area contributed by atoms with E-state index in [4.69, 9.17) is 15.7 Å². The molecule has 5 N–H and O–H groups in total. The number of hydrogen-bond donors (Lipinski definition) is 4. The molecular formula is C38H46N12O4. The lowest BCUT2D eigenvalue weighted by Crippen LogP contribution is -2.21. The zero-order valence-corrected chi connectivity index (χ0v) is 31.1. The third-order valence-electron chi connectivity index (χ3n) is 9.61. The van der Waals surface area contributed by atoms with Crippen LogP contribution in [0.3, 0.4) is 0 Å². The fourth-order valence-corrected chi connectivity index (χ4v) is 7.03. The van der Waals surface area contributed by atoms with Crippen LogP contribution in [-0.4, -0.2) is 70.2 Å². The molecule has 16 nitrogen and oxygen atoms in total. The van der Waals surface area contributed by atoms with E-state index in [9.17, 15) is 19.2 Å². The standard InChI is InChI=1S/C38H46N12O4/c1-5-49-34(28(25(3)46-49)12-7-6-8-19-50-27(22-51)20-24(2)45-50)36(54)44-38-42-30-21-26(35(39)53)15-16-31(30)47(38)17-9-10-18-48-32-14-11-13-29(41-23-52)33(32)43-37(48)40-4/h11,13-16,20-23H,5-10,12,17-19H2,1-4H3,(H2,39,53)(H,40,43)(H,41,52)(H,42,44,54). The highest BCUT2D eigenvalue weighted by Gasteiger charge is 2.24. The Kier molecular flexibility index (Phi) is 11.5. The molecule has 0 aliphatic rings. The third kappa shape index (κ3) is 7.72. The van der Waals surface area contributed by atoms with Crippen molar-refractivity contribution >= 4 is 64.2 Å². The summed E-state index contributed by atoms with van der Waals surface area (Å²) < 4.78 is 7.50. The number of benzene rings is 2. The van der Waals surface area contributed by atoms with Crippen molar-refractivity contribution in [2.24, 2.45) is 5.73 Å². The third-order valence-corrected chi connectivity index (χ3v) is 9.61. The van der Waals surface area contributed by atoms with Crippen LogP contribution in [0, 0.1) is 13.8 Å². The van der Waals surface area contributed by atoms with Crippen LogP contribution in [0.15, 0.2) is 42.5 Å². The van der Waals surface area contributed by atoms with E-state index in [-0.39, 0.29) is 5.91 Å². The predicted octanol–water partition coefficient (Wildman–Crippen LogP) is 5.08. The molecule has 0 bridgehead atoms. The average Bonchev–Trinajstić information content (AvgIpc) is 3.90. The zero-order chi connectivity index (χ0) is 38.4. The van der Waals surface area contributed by atoms with E-state index >= 15 is 0 Å². The number of amides is 3. The minimum absolute atomic E-state index is 0.315. The summed E-state index contributed by atoms with van der Waals surface area (Å²) in [7, 11) is 1.81. The second-order valence-corrected chi connectivity index (χ2v) is 13.2. The van der Waals surface area contributed by atoms with Crippen LogP contribution in [-0.2, 0) is 37.4 Å². The number of nitrogens with two attached hydrogens (primary N) is 1. The van der Waals surface area contributed by atoms with Gasteiger partial charge in [0.15, 0.2) is 6.29 Å². The first-order valence-corrected chi connectivity index (χ1v) is 18.2. The molecule has 0 aliphatic heterocycles. The Hall–Kier alpha value is -6.32.